The molecule has 0 amide bonds. The Balaban J connectivity index is 1.40. The Morgan fingerprint density at radius 1 is 0.764 bits per heavy atom. The number of benzene rings is 5. The highest BCUT2D eigenvalue weighted by atomic mass is 28.3. The van der Waals surface area contributed by atoms with Crippen molar-refractivity contribution in [2.24, 2.45) is 5.92 Å². The van der Waals surface area contributed by atoms with E-state index in [1.54, 1.807) is 6.07 Å². The van der Waals surface area contributed by atoms with Crippen LogP contribution in [-0.2, 0) is 12.1 Å². The lowest BCUT2D eigenvalue weighted by atomic mass is 9.87. The Morgan fingerprint density at radius 2 is 1.51 bits per heavy atom. The zero-order valence-corrected chi connectivity index (χ0v) is 34.3. The van der Waals surface area contributed by atoms with E-state index < -0.39 is 13.7 Å². The molecule has 1 spiro atoms. The minimum atomic E-state index is -1.88. The van der Waals surface area contributed by atoms with Gasteiger partial charge < -0.3 is 4.42 Å². The lowest BCUT2D eigenvalue weighted by Crippen LogP contribution is -2.61. The zero-order chi connectivity index (χ0) is 38.3. The van der Waals surface area contributed by atoms with Crippen LogP contribution in [0.4, 0.5) is 4.39 Å². The molecular formula is C49H48FN3OSi+2. The van der Waals surface area contributed by atoms with Crippen molar-refractivity contribution in [1.29, 1.82) is 0 Å². The van der Waals surface area contributed by atoms with Gasteiger partial charge in [0.15, 0.2) is 22.8 Å². The van der Waals surface area contributed by atoms with Gasteiger partial charge in [-0.05, 0) is 111 Å². The van der Waals surface area contributed by atoms with Gasteiger partial charge in [-0.15, -0.1) is 4.57 Å². The number of halogens is 1. The van der Waals surface area contributed by atoms with E-state index in [0.29, 0.717) is 11.5 Å². The molecule has 0 radical (unpaired) electrons. The molecule has 274 valence electrons. The maximum atomic E-state index is 16.9. The van der Waals surface area contributed by atoms with E-state index in [1.807, 2.05) is 6.92 Å². The molecule has 6 heteroatoms. The largest absolute Gasteiger partial charge is 0.455 e. The topological polar surface area (TPSA) is 25.8 Å². The van der Waals surface area contributed by atoms with E-state index in [1.165, 1.54) is 21.9 Å². The van der Waals surface area contributed by atoms with Gasteiger partial charge in [0, 0.05) is 22.0 Å². The Labute approximate surface area is 323 Å². The van der Waals surface area contributed by atoms with Gasteiger partial charge in [0.05, 0.1) is 30.8 Å². The van der Waals surface area contributed by atoms with Crippen LogP contribution in [0.25, 0.3) is 66.7 Å². The highest BCUT2D eigenvalue weighted by Gasteiger charge is 2.67. The summed E-state index contributed by atoms with van der Waals surface area (Å²) >= 11 is 0. The number of fused-ring (bicyclic) bond motifs is 16. The number of pyridine rings is 1. The molecule has 5 aromatic carbocycles. The fourth-order valence-electron chi connectivity index (χ4n) is 9.92. The number of hydrogen-bond donors (Lipinski definition) is 0. The lowest BCUT2D eigenvalue weighted by Gasteiger charge is -2.24. The number of nitrogens with zero attached hydrogens (tertiary/aromatic N) is 3. The van der Waals surface area contributed by atoms with E-state index >= 15 is 4.39 Å². The molecule has 1 unspecified atom stereocenters. The molecule has 8 aromatic rings. The summed E-state index contributed by atoms with van der Waals surface area (Å²) in [5.74, 6) is 1.39. The fourth-order valence-corrected chi connectivity index (χ4v) is 11.6. The maximum Gasteiger partial charge on any atom is 0.365 e. The number of rotatable bonds is 5. The smallest absolute Gasteiger partial charge is 0.365 e. The average molecular weight is 742 g/mol. The first-order valence-electron chi connectivity index (χ1n) is 19.8. The third-order valence-electron chi connectivity index (χ3n) is 12.1. The van der Waals surface area contributed by atoms with Crippen LogP contribution in [0.1, 0.15) is 61.6 Å². The van der Waals surface area contributed by atoms with Gasteiger partial charge >= 0.3 is 11.5 Å². The average Bonchev–Trinajstić information content (AvgIpc) is 3.83. The Hall–Kier alpha value is -5.33. The van der Waals surface area contributed by atoms with Crippen LogP contribution >= 0.6 is 0 Å². The lowest BCUT2D eigenvalue weighted by molar-refractivity contribution is -0.735. The van der Waals surface area contributed by atoms with Crippen LogP contribution in [0.3, 0.4) is 0 Å². The summed E-state index contributed by atoms with van der Waals surface area (Å²) in [6, 6.07) is 35.0. The number of aryl methyl sites for hydroxylation is 2. The van der Waals surface area contributed by atoms with Crippen LogP contribution in [0.2, 0.25) is 19.6 Å². The fraction of sp³-hybridized carbons (Fsp3) is 0.265. The molecule has 5 heterocycles. The van der Waals surface area contributed by atoms with Crippen molar-refractivity contribution in [1.82, 2.24) is 4.57 Å². The van der Waals surface area contributed by atoms with Crippen molar-refractivity contribution < 1.29 is 17.9 Å². The third kappa shape index (κ3) is 4.61. The summed E-state index contributed by atoms with van der Waals surface area (Å²) in [6.45, 7) is 20.6. The highest BCUT2D eigenvalue weighted by molar-refractivity contribution is 6.89. The summed E-state index contributed by atoms with van der Waals surface area (Å²) in [5.41, 5.74) is 13.7. The van der Waals surface area contributed by atoms with E-state index in [-0.39, 0.29) is 11.9 Å². The molecule has 1 atom stereocenters. The van der Waals surface area contributed by atoms with Crippen LogP contribution in [0.5, 0.6) is 0 Å². The monoisotopic (exact) mass is 741 g/mol. The van der Waals surface area contributed by atoms with Crippen molar-refractivity contribution in [3.63, 3.8) is 0 Å². The third-order valence-corrected chi connectivity index (χ3v) is 14.2. The summed E-state index contributed by atoms with van der Waals surface area (Å²) in [7, 11) is -1.88. The second kappa shape index (κ2) is 11.6. The zero-order valence-electron chi connectivity index (χ0n) is 33.3. The minimum absolute atomic E-state index is 0.141. The molecule has 0 fully saturated rings. The second-order valence-electron chi connectivity index (χ2n) is 17.8. The summed E-state index contributed by atoms with van der Waals surface area (Å²) in [6.07, 6.45) is 3.38. The van der Waals surface area contributed by atoms with Crippen molar-refractivity contribution in [3.8, 4) is 33.8 Å². The Bertz CT molecular complexity index is 2930. The second-order valence-corrected chi connectivity index (χ2v) is 22.9. The number of aromatic nitrogens is 3. The van der Waals surface area contributed by atoms with Gasteiger partial charge in [0.25, 0.3) is 0 Å². The van der Waals surface area contributed by atoms with Gasteiger partial charge in [-0.2, -0.15) is 4.57 Å². The minimum Gasteiger partial charge on any atom is -0.455 e. The molecule has 3 aromatic heterocycles. The first-order chi connectivity index (χ1) is 26.3. The molecule has 0 bridgehead atoms. The highest BCUT2D eigenvalue weighted by Crippen LogP contribution is 2.56. The molecule has 4 nitrogen and oxygen atoms in total. The summed E-state index contributed by atoms with van der Waals surface area (Å²) in [4.78, 5) is 0. The van der Waals surface area contributed by atoms with Gasteiger partial charge in [0.1, 0.15) is 17.0 Å². The quantitative estimate of drug-likeness (QED) is 0.127. The summed E-state index contributed by atoms with van der Waals surface area (Å²) in [5, 5.41) is 3.60. The van der Waals surface area contributed by atoms with Gasteiger partial charge in [0.2, 0.25) is 5.69 Å². The van der Waals surface area contributed by atoms with E-state index in [9.17, 15) is 0 Å². The molecule has 55 heavy (non-hydrogen) atoms. The van der Waals surface area contributed by atoms with Crippen molar-refractivity contribution in [3.05, 3.63) is 137 Å². The van der Waals surface area contributed by atoms with E-state index in [2.05, 4.69) is 165 Å². The predicted octanol–water partition coefficient (Wildman–Crippen LogP) is 11.1. The van der Waals surface area contributed by atoms with Gasteiger partial charge in [-0.25, -0.2) is 8.96 Å². The molecule has 0 saturated heterocycles. The molecular weight excluding hydrogens is 694 g/mol. The van der Waals surface area contributed by atoms with Crippen LogP contribution in [0, 0.1) is 25.6 Å². The standard InChI is InChI=1S/C49H48FN3OSi/c1-28(2)22-34-26-42-45-38(23-31(6)24-39(45)50)49(51(42)27-44(34)55(7,8)9)37-20-19-35-36-25-33(32-16-14-30(5)15-17-32)18-21-43(36)54-47(35)46(37)48-52(29(3)4)40-12-10-11-13-41(40)53(48)49/h10-21,23-29H,22H2,1-9H3/q+2. The SMILES string of the molecule is Cc1ccc(-c2ccc3oc4c5c(ccc4c3c2)C2(c3cc(C)cc(F)c3-c3cc(CC(C)C)c([Si](C)(C)C)c[n+]32)n2c-5[n+](C(C)C)c3ccccc32)cc1. The molecule has 10 rings (SSSR count). The van der Waals surface area contributed by atoms with E-state index in [0.717, 1.165) is 78.7 Å². The van der Waals surface area contributed by atoms with E-state index in [4.69, 9.17) is 4.42 Å². The Kier molecular flexibility index (Phi) is 7.20. The van der Waals surface area contributed by atoms with Crippen LogP contribution in [-0.4, -0.2) is 12.6 Å². The number of imidazole rings is 1. The van der Waals surface area contributed by atoms with Crippen molar-refractivity contribution >= 4 is 46.2 Å². The van der Waals surface area contributed by atoms with Gasteiger partial charge in [-0.1, -0.05) is 81.5 Å². The Morgan fingerprint density at radius 3 is 2.24 bits per heavy atom. The molecule has 0 N–H and O–H groups in total. The molecule has 2 aliphatic rings. The first kappa shape index (κ1) is 34.2. The van der Waals surface area contributed by atoms with Crippen LogP contribution in [0.15, 0.2) is 108 Å². The van der Waals surface area contributed by atoms with Crippen LogP contribution < -0.4 is 14.3 Å². The molecule has 0 aliphatic carbocycles. The van der Waals surface area contributed by atoms with Gasteiger partial charge in [-0.3, -0.25) is 0 Å². The number of hydrogen-bond acceptors (Lipinski definition) is 1. The maximum absolute atomic E-state index is 16.9. The normalized spacial score (nSPS) is 15.9. The first-order valence-corrected chi connectivity index (χ1v) is 23.3. The molecule has 2 aliphatic heterocycles. The van der Waals surface area contributed by atoms with Crippen molar-refractivity contribution in [2.75, 3.05) is 0 Å². The molecule has 0 saturated carbocycles. The predicted molar refractivity (Wildman–Crippen MR) is 225 cm³/mol. The number of furan rings is 1. The van der Waals surface area contributed by atoms with Crippen molar-refractivity contribution in [2.45, 2.75) is 79.3 Å². The summed E-state index contributed by atoms with van der Waals surface area (Å²) < 4.78 is 31.5. The number of para-hydroxylation sites is 2.